The SMILES string of the molecule is [C-]#[N+]C(C(=O)OC)(c1ccccc1)C(F)(F)F. The number of halogens is 3. The molecular formula is C11H8F3NO2. The molecule has 1 atom stereocenters. The van der Waals surface area contributed by atoms with Gasteiger partial charge in [0.2, 0.25) is 0 Å². The number of ether oxygens (including phenoxy) is 1. The molecule has 1 rings (SSSR count). The third kappa shape index (κ3) is 1.96. The van der Waals surface area contributed by atoms with Gasteiger partial charge in [-0.3, -0.25) is 4.85 Å². The summed E-state index contributed by atoms with van der Waals surface area (Å²) in [5.74, 6) is -1.63. The average Bonchev–Trinajstić information content (AvgIpc) is 2.30. The molecule has 1 aromatic carbocycles. The highest BCUT2D eigenvalue weighted by Gasteiger charge is 2.70. The summed E-state index contributed by atoms with van der Waals surface area (Å²) in [7, 11) is 0.816. The molecule has 17 heavy (non-hydrogen) atoms. The normalized spacial score (nSPS) is 14.5. The van der Waals surface area contributed by atoms with Crippen LogP contribution in [-0.4, -0.2) is 19.3 Å². The summed E-state index contributed by atoms with van der Waals surface area (Å²) in [5.41, 5.74) is -3.74. The van der Waals surface area contributed by atoms with E-state index in [1.54, 1.807) is 0 Å². The van der Waals surface area contributed by atoms with Gasteiger partial charge >= 0.3 is 17.7 Å². The molecule has 0 fully saturated rings. The van der Waals surface area contributed by atoms with Crippen LogP contribution in [-0.2, 0) is 15.1 Å². The molecule has 0 bridgehead atoms. The van der Waals surface area contributed by atoms with E-state index in [1.165, 1.54) is 18.2 Å². The number of benzene rings is 1. The van der Waals surface area contributed by atoms with Crippen molar-refractivity contribution in [1.29, 1.82) is 0 Å². The fourth-order valence-corrected chi connectivity index (χ4v) is 1.40. The number of hydrogen-bond donors (Lipinski definition) is 0. The Kier molecular flexibility index (Phi) is 3.42. The zero-order valence-electron chi connectivity index (χ0n) is 8.78. The molecule has 0 aromatic heterocycles. The molecule has 0 saturated heterocycles. The second-order valence-corrected chi connectivity index (χ2v) is 3.18. The van der Waals surface area contributed by atoms with E-state index < -0.39 is 23.2 Å². The number of alkyl halides is 3. The van der Waals surface area contributed by atoms with Crippen molar-refractivity contribution in [3.63, 3.8) is 0 Å². The minimum atomic E-state index is -5.04. The molecule has 1 unspecified atom stereocenters. The van der Waals surface area contributed by atoms with Crippen LogP contribution in [0.3, 0.4) is 0 Å². The summed E-state index contributed by atoms with van der Waals surface area (Å²) in [6.07, 6.45) is -5.04. The van der Waals surface area contributed by atoms with Crippen molar-refractivity contribution in [2.45, 2.75) is 11.7 Å². The van der Waals surface area contributed by atoms with E-state index >= 15 is 0 Å². The summed E-state index contributed by atoms with van der Waals surface area (Å²) < 4.78 is 43.1. The Balaban J connectivity index is 3.50. The zero-order chi connectivity index (χ0) is 13.1. The number of rotatable bonds is 2. The monoisotopic (exact) mass is 243 g/mol. The minimum absolute atomic E-state index is 0.450. The first-order valence-electron chi connectivity index (χ1n) is 4.49. The van der Waals surface area contributed by atoms with Crippen LogP contribution in [0.2, 0.25) is 0 Å². The van der Waals surface area contributed by atoms with E-state index in [-0.39, 0.29) is 0 Å². The maximum atomic E-state index is 13.0. The van der Waals surface area contributed by atoms with Gasteiger partial charge in [0.25, 0.3) is 0 Å². The molecule has 0 spiro atoms. The summed E-state index contributed by atoms with van der Waals surface area (Å²) in [5, 5.41) is 0. The highest BCUT2D eigenvalue weighted by atomic mass is 19.4. The lowest BCUT2D eigenvalue weighted by atomic mass is 9.90. The van der Waals surface area contributed by atoms with Crippen molar-refractivity contribution < 1.29 is 22.7 Å². The number of carbonyl (C=O) groups excluding carboxylic acids is 1. The fourth-order valence-electron chi connectivity index (χ4n) is 1.40. The molecule has 3 nitrogen and oxygen atoms in total. The van der Waals surface area contributed by atoms with E-state index in [2.05, 4.69) is 9.58 Å². The molecule has 0 amide bonds. The van der Waals surface area contributed by atoms with Crippen molar-refractivity contribution in [2.75, 3.05) is 7.11 Å². The summed E-state index contributed by atoms with van der Waals surface area (Å²) in [6, 6.07) is 6.28. The molecule has 6 heteroatoms. The number of esters is 1. The standard InChI is InChI=1S/C11H8F3NO2/c1-15-10(9(16)17-2,11(12,13)14)8-6-4-3-5-7-8/h3-7H,2H3. The van der Waals surface area contributed by atoms with Gasteiger partial charge in [-0.15, -0.1) is 0 Å². The zero-order valence-corrected chi connectivity index (χ0v) is 8.78. The van der Waals surface area contributed by atoms with Gasteiger partial charge in [0.1, 0.15) is 0 Å². The van der Waals surface area contributed by atoms with Crippen LogP contribution in [0.25, 0.3) is 4.85 Å². The maximum absolute atomic E-state index is 13.0. The first-order valence-corrected chi connectivity index (χ1v) is 4.49. The Bertz CT molecular complexity index is 450. The molecule has 0 heterocycles. The first-order chi connectivity index (χ1) is 7.90. The minimum Gasteiger partial charge on any atom is -0.462 e. The molecule has 0 aliphatic rings. The molecule has 0 aliphatic carbocycles. The van der Waals surface area contributed by atoms with Crippen molar-refractivity contribution in [3.8, 4) is 0 Å². The molecule has 1 aromatic rings. The van der Waals surface area contributed by atoms with E-state index in [1.807, 2.05) is 0 Å². The lowest BCUT2D eigenvalue weighted by Crippen LogP contribution is -2.47. The fraction of sp³-hybridized carbons (Fsp3) is 0.273. The number of nitrogens with zero attached hydrogens (tertiary/aromatic N) is 1. The van der Waals surface area contributed by atoms with E-state index in [0.29, 0.717) is 0 Å². The Labute approximate surface area is 95.6 Å². The first kappa shape index (κ1) is 13.0. The Hall–Kier alpha value is -2.03. The quantitative estimate of drug-likeness (QED) is 0.590. The van der Waals surface area contributed by atoms with Crippen LogP contribution < -0.4 is 0 Å². The number of carbonyl (C=O) groups is 1. The third-order valence-electron chi connectivity index (χ3n) is 2.25. The highest BCUT2D eigenvalue weighted by Crippen LogP contribution is 2.43. The van der Waals surface area contributed by atoms with E-state index in [9.17, 15) is 18.0 Å². The molecule has 0 aliphatic heterocycles. The third-order valence-corrected chi connectivity index (χ3v) is 2.25. The van der Waals surface area contributed by atoms with Gasteiger partial charge in [0.05, 0.1) is 12.7 Å². The molecule has 0 saturated carbocycles. The Morgan fingerprint density at radius 2 is 1.82 bits per heavy atom. The topological polar surface area (TPSA) is 30.7 Å². The van der Waals surface area contributed by atoms with Gasteiger partial charge in [-0.1, -0.05) is 18.2 Å². The summed E-state index contributed by atoms with van der Waals surface area (Å²) in [4.78, 5) is 13.8. The lowest BCUT2D eigenvalue weighted by molar-refractivity contribution is -0.197. The largest absolute Gasteiger partial charge is 0.485 e. The van der Waals surface area contributed by atoms with E-state index in [0.717, 1.165) is 19.2 Å². The predicted octanol–water partition coefficient (Wildman–Crippen LogP) is 2.54. The van der Waals surface area contributed by atoms with Crippen molar-refractivity contribution >= 4 is 5.97 Å². The smallest absolute Gasteiger partial charge is 0.462 e. The van der Waals surface area contributed by atoms with Crippen LogP contribution in [0.1, 0.15) is 5.56 Å². The molecule has 0 N–H and O–H groups in total. The molecule has 90 valence electrons. The van der Waals surface area contributed by atoms with Gasteiger partial charge in [-0.2, -0.15) is 13.2 Å². The lowest BCUT2D eigenvalue weighted by Gasteiger charge is -2.21. The van der Waals surface area contributed by atoms with Crippen LogP contribution in [0.15, 0.2) is 30.3 Å². The van der Waals surface area contributed by atoms with Crippen LogP contribution in [0.4, 0.5) is 13.2 Å². The van der Waals surface area contributed by atoms with Crippen LogP contribution in [0, 0.1) is 6.57 Å². The maximum Gasteiger partial charge on any atom is 0.485 e. The summed E-state index contributed by atoms with van der Waals surface area (Å²) in [6.45, 7) is 6.74. The number of hydrogen-bond acceptors (Lipinski definition) is 2. The van der Waals surface area contributed by atoms with Gasteiger partial charge in [-0.25, -0.2) is 11.4 Å². The second kappa shape index (κ2) is 4.45. The van der Waals surface area contributed by atoms with Crippen LogP contribution in [0.5, 0.6) is 0 Å². The van der Waals surface area contributed by atoms with Crippen molar-refractivity contribution in [1.82, 2.24) is 0 Å². The average molecular weight is 243 g/mol. The molecule has 0 radical (unpaired) electrons. The van der Waals surface area contributed by atoms with Gasteiger partial charge in [0, 0.05) is 0 Å². The van der Waals surface area contributed by atoms with Crippen molar-refractivity contribution in [3.05, 3.63) is 47.3 Å². The highest BCUT2D eigenvalue weighted by molar-refractivity contribution is 5.86. The van der Waals surface area contributed by atoms with Crippen molar-refractivity contribution in [2.24, 2.45) is 0 Å². The number of methoxy groups -OCH3 is 1. The molecular weight excluding hydrogens is 235 g/mol. The Morgan fingerprint density at radius 3 is 2.18 bits per heavy atom. The van der Waals surface area contributed by atoms with Gasteiger partial charge in [0.15, 0.2) is 0 Å². The second-order valence-electron chi connectivity index (χ2n) is 3.18. The Morgan fingerprint density at radius 1 is 1.29 bits per heavy atom. The van der Waals surface area contributed by atoms with Crippen LogP contribution >= 0.6 is 0 Å². The van der Waals surface area contributed by atoms with Gasteiger partial charge < -0.3 is 4.74 Å². The summed E-state index contributed by atoms with van der Waals surface area (Å²) >= 11 is 0. The van der Waals surface area contributed by atoms with E-state index in [4.69, 9.17) is 6.57 Å². The van der Waals surface area contributed by atoms with Gasteiger partial charge in [-0.05, 0) is 12.1 Å². The predicted molar refractivity (Wildman–Crippen MR) is 52.8 cm³/mol.